The maximum absolute atomic E-state index is 14.1. The van der Waals surface area contributed by atoms with E-state index in [1.54, 1.807) is 24.4 Å². The Morgan fingerprint density at radius 2 is 1.64 bits per heavy atom. The highest BCUT2D eigenvalue weighted by Crippen LogP contribution is 2.26. The summed E-state index contributed by atoms with van der Waals surface area (Å²) in [6, 6.07) is 20.9. The van der Waals surface area contributed by atoms with Crippen LogP contribution in [0.25, 0.3) is 10.9 Å². The molecule has 0 fully saturated rings. The van der Waals surface area contributed by atoms with E-state index in [4.69, 9.17) is 16.3 Å². The average Bonchev–Trinajstić information content (AvgIpc) is 3.08. The average molecular weight is 394 g/mol. The molecule has 28 heavy (non-hydrogen) atoms. The van der Waals surface area contributed by atoms with Crippen molar-refractivity contribution in [1.82, 2.24) is 4.57 Å². The Labute approximate surface area is 166 Å². The Kier molecular flexibility index (Phi) is 5.13. The van der Waals surface area contributed by atoms with Gasteiger partial charge in [0.2, 0.25) is 0 Å². The molecule has 3 nitrogen and oxygen atoms in total. The number of benzene rings is 3. The first kappa shape index (κ1) is 18.3. The van der Waals surface area contributed by atoms with Crippen molar-refractivity contribution in [3.63, 3.8) is 0 Å². The number of hydrogen-bond donors (Lipinski definition) is 0. The lowest BCUT2D eigenvalue weighted by Crippen LogP contribution is -2.08. The van der Waals surface area contributed by atoms with Crippen LogP contribution < -0.4 is 4.74 Å². The van der Waals surface area contributed by atoms with Crippen LogP contribution in [0.4, 0.5) is 4.39 Å². The van der Waals surface area contributed by atoms with Crippen LogP contribution in [0.1, 0.15) is 15.9 Å². The molecule has 0 bridgehead atoms. The molecule has 0 aliphatic rings. The largest absolute Gasteiger partial charge is 0.490 e. The summed E-state index contributed by atoms with van der Waals surface area (Å²) in [7, 11) is 0. The lowest BCUT2D eigenvalue weighted by atomic mass is 10.0. The van der Waals surface area contributed by atoms with Crippen molar-refractivity contribution >= 4 is 28.3 Å². The van der Waals surface area contributed by atoms with Crippen molar-refractivity contribution in [1.29, 1.82) is 0 Å². The van der Waals surface area contributed by atoms with E-state index in [0.29, 0.717) is 29.5 Å². The third-order valence-corrected chi connectivity index (χ3v) is 4.89. The van der Waals surface area contributed by atoms with Gasteiger partial charge in [-0.2, -0.15) is 0 Å². The van der Waals surface area contributed by atoms with Gasteiger partial charge in [-0.1, -0.05) is 54.1 Å². The van der Waals surface area contributed by atoms with Crippen LogP contribution in [0.5, 0.6) is 5.75 Å². The van der Waals surface area contributed by atoms with Gasteiger partial charge in [0.15, 0.2) is 5.78 Å². The van der Waals surface area contributed by atoms with Gasteiger partial charge in [-0.05, 0) is 30.3 Å². The molecule has 0 aliphatic carbocycles. The lowest BCUT2D eigenvalue weighted by molar-refractivity contribution is 0.103. The van der Waals surface area contributed by atoms with Crippen molar-refractivity contribution in [3.8, 4) is 5.75 Å². The monoisotopic (exact) mass is 393 g/mol. The molecule has 0 spiro atoms. The second-order valence-corrected chi connectivity index (χ2v) is 6.75. The summed E-state index contributed by atoms with van der Waals surface area (Å²) in [6.45, 7) is 0.909. The molecule has 0 N–H and O–H groups in total. The quantitative estimate of drug-likeness (QED) is 0.391. The van der Waals surface area contributed by atoms with E-state index in [1.165, 1.54) is 12.1 Å². The molecule has 3 aromatic carbocycles. The van der Waals surface area contributed by atoms with Crippen molar-refractivity contribution < 1.29 is 13.9 Å². The molecule has 4 aromatic rings. The Hall–Kier alpha value is -3.11. The maximum atomic E-state index is 14.1. The minimum Gasteiger partial charge on any atom is -0.490 e. The van der Waals surface area contributed by atoms with Gasteiger partial charge >= 0.3 is 0 Å². The number of hydrogen-bond acceptors (Lipinski definition) is 2. The normalized spacial score (nSPS) is 10.9. The third kappa shape index (κ3) is 3.51. The molecule has 5 heteroatoms. The molecule has 0 atom stereocenters. The van der Waals surface area contributed by atoms with E-state index < -0.39 is 5.82 Å². The fourth-order valence-corrected chi connectivity index (χ4v) is 3.41. The first-order chi connectivity index (χ1) is 13.6. The molecule has 0 amide bonds. The first-order valence-corrected chi connectivity index (χ1v) is 9.27. The van der Waals surface area contributed by atoms with Crippen LogP contribution in [0, 0.1) is 5.82 Å². The summed E-state index contributed by atoms with van der Waals surface area (Å²) in [5.41, 5.74) is 1.43. The summed E-state index contributed by atoms with van der Waals surface area (Å²) in [4.78, 5) is 12.9. The highest BCUT2D eigenvalue weighted by Gasteiger charge is 2.19. The number of halogens is 2. The SMILES string of the molecule is O=C(c1ccccc1F)c1cn(CCOc2ccccc2Cl)c2ccccc12. The van der Waals surface area contributed by atoms with E-state index in [9.17, 15) is 9.18 Å². The molecule has 0 radical (unpaired) electrons. The Bertz CT molecular complexity index is 1150. The number of aromatic nitrogens is 1. The van der Waals surface area contributed by atoms with Gasteiger partial charge < -0.3 is 9.30 Å². The minimum absolute atomic E-state index is 0.0673. The van der Waals surface area contributed by atoms with E-state index >= 15 is 0 Å². The first-order valence-electron chi connectivity index (χ1n) is 8.89. The Balaban J connectivity index is 1.62. The van der Waals surface area contributed by atoms with E-state index in [2.05, 4.69) is 0 Å². The number of fused-ring (bicyclic) bond motifs is 1. The maximum Gasteiger partial charge on any atom is 0.198 e. The topological polar surface area (TPSA) is 31.2 Å². The molecule has 0 saturated carbocycles. The van der Waals surface area contributed by atoms with Gasteiger partial charge in [0.05, 0.1) is 17.1 Å². The van der Waals surface area contributed by atoms with Gasteiger partial charge in [0, 0.05) is 22.7 Å². The molecule has 0 saturated heterocycles. The zero-order valence-corrected chi connectivity index (χ0v) is 15.7. The summed E-state index contributed by atoms with van der Waals surface area (Å²) >= 11 is 6.12. The van der Waals surface area contributed by atoms with Crippen molar-refractivity contribution in [2.45, 2.75) is 6.54 Å². The molecular formula is C23H17ClFNO2. The second kappa shape index (κ2) is 7.87. The zero-order valence-electron chi connectivity index (χ0n) is 14.9. The van der Waals surface area contributed by atoms with Crippen LogP contribution in [0.3, 0.4) is 0 Å². The lowest BCUT2D eigenvalue weighted by Gasteiger charge is -2.09. The number of carbonyl (C=O) groups is 1. The van der Waals surface area contributed by atoms with Gasteiger partial charge in [0.25, 0.3) is 0 Å². The molecule has 4 rings (SSSR count). The Morgan fingerprint density at radius 3 is 2.46 bits per heavy atom. The molecule has 1 aromatic heterocycles. The number of para-hydroxylation sites is 2. The number of ketones is 1. The van der Waals surface area contributed by atoms with E-state index in [1.807, 2.05) is 47.0 Å². The van der Waals surface area contributed by atoms with Crippen LogP contribution in [-0.4, -0.2) is 17.0 Å². The standard InChI is InChI=1S/C23H17ClFNO2/c24-19-9-3-6-12-22(19)28-14-13-26-15-18(16-7-2-5-11-21(16)26)23(27)17-8-1-4-10-20(17)25/h1-12,15H,13-14H2. The minimum atomic E-state index is -0.522. The van der Waals surface area contributed by atoms with Crippen LogP contribution in [0.15, 0.2) is 79.0 Å². The fourth-order valence-electron chi connectivity index (χ4n) is 3.22. The number of carbonyl (C=O) groups excluding carboxylic acids is 1. The highest BCUT2D eigenvalue weighted by atomic mass is 35.5. The molecule has 0 unspecified atom stereocenters. The smallest absolute Gasteiger partial charge is 0.198 e. The van der Waals surface area contributed by atoms with Crippen LogP contribution >= 0.6 is 11.6 Å². The summed E-state index contributed by atoms with van der Waals surface area (Å²) in [5, 5.41) is 1.34. The summed E-state index contributed by atoms with van der Waals surface area (Å²) in [6.07, 6.45) is 1.76. The number of ether oxygens (including phenoxy) is 1. The zero-order chi connectivity index (χ0) is 19.5. The van der Waals surface area contributed by atoms with Crippen molar-refractivity contribution in [2.24, 2.45) is 0 Å². The van der Waals surface area contributed by atoms with E-state index in [-0.39, 0.29) is 11.3 Å². The van der Waals surface area contributed by atoms with Crippen molar-refractivity contribution in [2.75, 3.05) is 6.61 Å². The molecule has 0 aliphatic heterocycles. The molecular weight excluding hydrogens is 377 g/mol. The van der Waals surface area contributed by atoms with Gasteiger partial charge in [-0.15, -0.1) is 0 Å². The summed E-state index contributed by atoms with van der Waals surface area (Å²) < 4.78 is 21.8. The molecule has 140 valence electrons. The van der Waals surface area contributed by atoms with Crippen molar-refractivity contribution in [3.05, 3.63) is 101 Å². The van der Waals surface area contributed by atoms with Crippen LogP contribution in [-0.2, 0) is 6.54 Å². The third-order valence-electron chi connectivity index (χ3n) is 4.58. The molecule has 1 heterocycles. The predicted molar refractivity (Wildman–Crippen MR) is 109 cm³/mol. The summed E-state index contributed by atoms with van der Waals surface area (Å²) in [5.74, 6) is -0.241. The fraction of sp³-hybridized carbons (Fsp3) is 0.0870. The van der Waals surface area contributed by atoms with Crippen LogP contribution in [0.2, 0.25) is 5.02 Å². The van der Waals surface area contributed by atoms with Gasteiger partial charge in [-0.3, -0.25) is 4.79 Å². The Morgan fingerprint density at radius 1 is 0.929 bits per heavy atom. The van der Waals surface area contributed by atoms with Gasteiger partial charge in [0.1, 0.15) is 18.2 Å². The number of nitrogens with zero attached hydrogens (tertiary/aromatic N) is 1. The van der Waals surface area contributed by atoms with E-state index in [0.717, 1.165) is 10.9 Å². The number of rotatable bonds is 6. The van der Waals surface area contributed by atoms with Gasteiger partial charge in [-0.25, -0.2) is 4.39 Å². The highest BCUT2D eigenvalue weighted by molar-refractivity contribution is 6.32. The second-order valence-electron chi connectivity index (χ2n) is 6.34. The predicted octanol–water partition coefficient (Wildman–Crippen LogP) is 5.74.